The lowest BCUT2D eigenvalue weighted by Crippen LogP contribution is -2.20. The quantitative estimate of drug-likeness (QED) is 0.502. The second-order valence-electron chi connectivity index (χ2n) is 7.36. The van der Waals surface area contributed by atoms with Gasteiger partial charge < -0.3 is 10.6 Å². The topological polar surface area (TPSA) is 87.2 Å². The van der Waals surface area contributed by atoms with Crippen LogP contribution in [0.4, 0.5) is 33.1 Å². The normalized spacial score (nSPS) is 14.0. The number of pyridine rings is 2. The van der Waals surface area contributed by atoms with Gasteiger partial charge in [-0.15, -0.1) is 0 Å². The molecule has 0 aliphatic heterocycles. The largest absolute Gasteiger partial charge is 0.353 e. The number of carbonyl (C=O) groups is 1. The number of nitrogens with one attached hydrogen (secondary N) is 2. The van der Waals surface area contributed by atoms with Gasteiger partial charge in [0.1, 0.15) is 28.4 Å². The van der Waals surface area contributed by atoms with Crippen LogP contribution in [0.15, 0.2) is 48.8 Å². The summed E-state index contributed by atoms with van der Waals surface area (Å²) in [5.41, 5.74) is 3.63. The molecule has 2 N–H and O–H groups in total. The predicted molar refractivity (Wildman–Crippen MR) is 121 cm³/mol. The number of benzene rings is 1. The Kier molecular flexibility index (Phi) is 5.94. The van der Waals surface area contributed by atoms with Gasteiger partial charge >= 0.3 is 0 Å². The molecule has 1 aliphatic rings. The van der Waals surface area contributed by atoms with Crippen LogP contribution in [-0.2, 0) is 11.0 Å². The lowest BCUT2D eigenvalue weighted by molar-refractivity contribution is 0.112. The van der Waals surface area contributed by atoms with Crippen molar-refractivity contribution >= 4 is 46.0 Å². The van der Waals surface area contributed by atoms with Crippen LogP contribution in [0.25, 0.3) is 0 Å². The van der Waals surface area contributed by atoms with Crippen molar-refractivity contribution in [2.24, 2.45) is 0 Å². The highest BCUT2D eigenvalue weighted by Crippen LogP contribution is 2.43. The number of anilines is 5. The van der Waals surface area contributed by atoms with E-state index in [9.17, 15) is 13.4 Å². The fourth-order valence-corrected chi connectivity index (χ4v) is 3.61. The van der Waals surface area contributed by atoms with E-state index in [4.69, 9.17) is 0 Å². The third kappa shape index (κ3) is 4.88. The summed E-state index contributed by atoms with van der Waals surface area (Å²) in [6, 6.07) is 10.5. The maximum atomic E-state index is 13.1. The minimum absolute atomic E-state index is 0.370. The Morgan fingerprint density at radius 1 is 1.06 bits per heavy atom. The molecule has 160 valence electrons. The molecular weight excluding hydrogens is 417 g/mol. The molecule has 0 spiro atoms. The predicted octanol–water partition coefficient (Wildman–Crippen LogP) is 4.52. The van der Waals surface area contributed by atoms with Crippen LogP contribution in [0.3, 0.4) is 0 Å². The fourth-order valence-electron chi connectivity index (χ4n) is 3.19. The molecular formula is C22H22FN5O2S. The molecule has 0 amide bonds. The van der Waals surface area contributed by atoms with Crippen LogP contribution in [0.1, 0.15) is 34.7 Å². The Balaban J connectivity index is 1.66. The lowest BCUT2D eigenvalue weighted by atomic mass is 10.1. The van der Waals surface area contributed by atoms with E-state index in [1.807, 2.05) is 12.1 Å². The fraction of sp³-hybridized carbons (Fsp3) is 0.227. The number of rotatable bonds is 8. The monoisotopic (exact) mass is 439 g/mol. The molecule has 1 atom stereocenters. The van der Waals surface area contributed by atoms with Crippen molar-refractivity contribution in [2.75, 3.05) is 28.2 Å². The zero-order chi connectivity index (χ0) is 22.0. The number of aldehydes is 1. The van der Waals surface area contributed by atoms with Crippen LogP contribution >= 0.6 is 0 Å². The first kappa shape index (κ1) is 20.9. The van der Waals surface area contributed by atoms with Gasteiger partial charge in [0.25, 0.3) is 0 Å². The van der Waals surface area contributed by atoms with E-state index in [1.165, 1.54) is 23.9 Å². The maximum absolute atomic E-state index is 13.1. The number of aromatic nitrogens is 2. The Morgan fingerprint density at radius 3 is 2.48 bits per heavy atom. The van der Waals surface area contributed by atoms with E-state index >= 15 is 0 Å². The van der Waals surface area contributed by atoms with E-state index in [2.05, 4.69) is 26.7 Å². The molecule has 1 unspecified atom stereocenters. The Morgan fingerprint density at radius 2 is 1.84 bits per heavy atom. The molecule has 1 aliphatic carbocycles. The number of nitrogens with zero attached hydrogens (tertiary/aromatic N) is 3. The third-order valence-corrected chi connectivity index (χ3v) is 6.08. The van der Waals surface area contributed by atoms with Crippen LogP contribution in [0, 0.1) is 5.82 Å². The Bertz CT molecular complexity index is 1140. The summed E-state index contributed by atoms with van der Waals surface area (Å²) < 4.78 is 26.9. The maximum Gasteiger partial charge on any atom is 0.153 e. The summed E-state index contributed by atoms with van der Waals surface area (Å²) in [4.78, 5) is 19.8. The van der Waals surface area contributed by atoms with Crippen molar-refractivity contribution in [3.63, 3.8) is 0 Å². The number of halogens is 1. The average molecular weight is 440 g/mol. The highest BCUT2D eigenvalue weighted by molar-refractivity contribution is 7.85. The third-order valence-electron chi connectivity index (χ3n) is 5.11. The van der Waals surface area contributed by atoms with Crippen LogP contribution in [0.2, 0.25) is 0 Å². The summed E-state index contributed by atoms with van der Waals surface area (Å²) in [6.07, 6.45) is 7.22. The van der Waals surface area contributed by atoms with Gasteiger partial charge in [0.05, 0.1) is 28.8 Å². The zero-order valence-electron chi connectivity index (χ0n) is 17.1. The van der Waals surface area contributed by atoms with Gasteiger partial charge in [-0.25, -0.2) is 18.6 Å². The standard InChI is InChI=1S/C22H22FN5O2S/c1-28(31(2)30)20-9-15(14-3-4-14)5-7-18(20)26-19-10-22(24-11-16(19)13-29)27-21-8-6-17(23)12-25-21/h5-14H,3-4H2,1-2H3,(H2,24,25,26,27). The molecule has 2 heterocycles. The highest BCUT2D eigenvalue weighted by atomic mass is 32.2. The van der Waals surface area contributed by atoms with Crippen molar-refractivity contribution in [1.82, 2.24) is 9.97 Å². The van der Waals surface area contributed by atoms with Crippen molar-refractivity contribution < 1.29 is 13.4 Å². The van der Waals surface area contributed by atoms with E-state index in [0.29, 0.717) is 28.8 Å². The average Bonchev–Trinajstić information content (AvgIpc) is 3.61. The zero-order valence-corrected chi connectivity index (χ0v) is 17.9. The summed E-state index contributed by atoms with van der Waals surface area (Å²) in [7, 11) is 0.561. The minimum atomic E-state index is -1.21. The molecule has 1 fully saturated rings. The highest BCUT2D eigenvalue weighted by Gasteiger charge is 2.25. The van der Waals surface area contributed by atoms with Crippen molar-refractivity contribution in [3.8, 4) is 0 Å². The van der Waals surface area contributed by atoms with E-state index in [1.54, 1.807) is 23.7 Å². The molecule has 0 bridgehead atoms. The first-order chi connectivity index (χ1) is 14.9. The number of hydrogen-bond donors (Lipinski definition) is 2. The Labute approximate surface area is 182 Å². The molecule has 0 radical (unpaired) electrons. The van der Waals surface area contributed by atoms with Gasteiger partial charge in [0.2, 0.25) is 0 Å². The SMILES string of the molecule is CN(c1cc(C2CC2)ccc1Nc1cc(Nc2ccc(F)cn2)ncc1C=O)S(C)=O. The number of carbonyl (C=O) groups excluding carboxylic acids is 1. The van der Waals surface area contributed by atoms with E-state index in [0.717, 1.165) is 36.7 Å². The van der Waals surface area contributed by atoms with Gasteiger partial charge in [0.15, 0.2) is 6.29 Å². The van der Waals surface area contributed by atoms with Gasteiger partial charge in [-0.1, -0.05) is 6.07 Å². The Hall–Kier alpha value is -3.33. The molecule has 1 saturated carbocycles. The van der Waals surface area contributed by atoms with Crippen molar-refractivity contribution in [1.29, 1.82) is 0 Å². The van der Waals surface area contributed by atoms with Crippen LogP contribution in [-0.4, -0.2) is 33.8 Å². The van der Waals surface area contributed by atoms with E-state index < -0.39 is 16.8 Å². The van der Waals surface area contributed by atoms with Gasteiger partial charge in [-0.3, -0.25) is 9.10 Å². The van der Waals surface area contributed by atoms with Gasteiger partial charge in [0, 0.05) is 25.6 Å². The summed E-state index contributed by atoms with van der Waals surface area (Å²) in [6.45, 7) is 0. The van der Waals surface area contributed by atoms with Gasteiger partial charge in [-0.2, -0.15) is 0 Å². The second-order valence-corrected chi connectivity index (χ2v) is 8.75. The smallest absolute Gasteiger partial charge is 0.153 e. The van der Waals surface area contributed by atoms with Crippen LogP contribution in [0.5, 0.6) is 0 Å². The summed E-state index contributed by atoms with van der Waals surface area (Å²) in [5, 5.41) is 6.27. The minimum Gasteiger partial charge on any atom is -0.353 e. The van der Waals surface area contributed by atoms with Crippen molar-refractivity contribution in [2.45, 2.75) is 18.8 Å². The molecule has 4 rings (SSSR count). The van der Waals surface area contributed by atoms with Gasteiger partial charge in [-0.05, 0) is 48.6 Å². The number of hydrogen-bond acceptors (Lipinski definition) is 6. The van der Waals surface area contributed by atoms with Crippen LogP contribution < -0.4 is 14.9 Å². The van der Waals surface area contributed by atoms with Crippen molar-refractivity contribution in [3.05, 3.63) is 65.7 Å². The molecule has 0 saturated heterocycles. The molecule has 3 aromatic rings. The lowest BCUT2D eigenvalue weighted by Gasteiger charge is -2.22. The van der Waals surface area contributed by atoms with E-state index in [-0.39, 0.29) is 0 Å². The second kappa shape index (κ2) is 8.81. The first-order valence-corrected chi connectivity index (χ1v) is 11.3. The summed E-state index contributed by atoms with van der Waals surface area (Å²) in [5.74, 6) is 0.985. The molecule has 31 heavy (non-hydrogen) atoms. The molecule has 9 heteroatoms. The molecule has 7 nitrogen and oxygen atoms in total. The molecule has 2 aromatic heterocycles. The summed E-state index contributed by atoms with van der Waals surface area (Å²) >= 11 is 0. The first-order valence-electron chi connectivity index (χ1n) is 9.76. The molecule has 1 aromatic carbocycles.